The summed E-state index contributed by atoms with van der Waals surface area (Å²) < 4.78 is 6.72. The van der Waals surface area contributed by atoms with E-state index in [9.17, 15) is 0 Å². The van der Waals surface area contributed by atoms with Gasteiger partial charge in [-0.3, -0.25) is 0 Å². The summed E-state index contributed by atoms with van der Waals surface area (Å²) >= 11 is -1.58. The summed E-state index contributed by atoms with van der Waals surface area (Å²) in [7, 11) is 0. The Morgan fingerprint density at radius 2 is 1.19 bits per heavy atom. The van der Waals surface area contributed by atoms with Gasteiger partial charge in [-0.15, -0.1) is 0 Å². The first-order valence-corrected chi connectivity index (χ1v) is 18.5. The van der Waals surface area contributed by atoms with Gasteiger partial charge in [-0.1, -0.05) is 24.3 Å². The van der Waals surface area contributed by atoms with Gasteiger partial charge in [-0.05, 0) is 5.39 Å². The third-order valence-electron chi connectivity index (χ3n) is 8.79. The molecule has 0 amide bonds. The Bertz CT molecular complexity index is 2330. The molecule has 2 heterocycles. The zero-order valence-electron chi connectivity index (χ0n) is 23.5. The van der Waals surface area contributed by atoms with Crippen molar-refractivity contribution in [1.29, 1.82) is 0 Å². The van der Waals surface area contributed by atoms with Crippen LogP contribution in [-0.4, -0.2) is 4.57 Å². The Hall–Kier alpha value is -4.67. The standard InChI is InChI=1S/C41H28IN/c1-2-13-33(14-3-1)42-27-32-12-6-7-15-35(32)37-25-30(19-22-39(37)42)31-20-23-41-38(26-31)36-16-8-9-17-40(36)43(41)34-21-18-28-10-4-5-11-29(28)24-34/h1-26H,27H2. The zero-order chi connectivity index (χ0) is 28.3. The van der Waals surface area contributed by atoms with Crippen LogP contribution in [0.2, 0.25) is 0 Å². The summed E-state index contributed by atoms with van der Waals surface area (Å²) in [6.07, 6.45) is 0. The molecular weight excluding hydrogens is 633 g/mol. The molecule has 9 rings (SSSR count). The van der Waals surface area contributed by atoms with Gasteiger partial charge in [0.15, 0.2) is 0 Å². The molecule has 0 unspecified atom stereocenters. The van der Waals surface area contributed by atoms with Crippen molar-refractivity contribution < 1.29 is 0 Å². The van der Waals surface area contributed by atoms with Crippen molar-refractivity contribution in [2.75, 3.05) is 0 Å². The minimum absolute atomic E-state index is 1.19. The predicted octanol–water partition coefficient (Wildman–Crippen LogP) is 11.3. The summed E-state index contributed by atoms with van der Waals surface area (Å²) in [5, 5.41) is 5.10. The number of nitrogens with zero attached hydrogens (tertiary/aromatic N) is 1. The van der Waals surface area contributed by atoms with E-state index in [0.29, 0.717) is 0 Å². The van der Waals surface area contributed by atoms with Gasteiger partial charge < -0.3 is 0 Å². The number of benzene rings is 7. The van der Waals surface area contributed by atoms with Crippen molar-refractivity contribution in [3.8, 4) is 27.9 Å². The normalized spacial score (nSPS) is 13.3. The van der Waals surface area contributed by atoms with Crippen molar-refractivity contribution in [3.05, 3.63) is 170 Å². The van der Waals surface area contributed by atoms with E-state index in [2.05, 4.69) is 162 Å². The van der Waals surface area contributed by atoms with Crippen LogP contribution in [0, 0.1) is 7.14 Å². The maximum absolute atomic E-state index is 2.46. The van der Waals surface area contributed by atoms with Gasteiger partial charge in [0, 0.05) is 0 Å². The number of rotatable bonds is 3. The second kappa shape index (κ2) is 9.96. The van der Waals surface area contributed by atoms with Crippen molar-refractivity contribution in [1.82, 2.24) is 4.57 Å². The monoisotopic (exact) mass is 661 g/mol. The predicted molar refractivity (Wildman–Crippen MR) is 191 cm³/mol. The molecule has 8 aromatic rings. The van der Waals surface area contributed by atoms with Crippen LogP contribution in [0.4, 0.5) is 0 Å². The fraction of sp³-hybridized carbons (Fsp3) is 0.0244. The van der Waals surface area contributed by atoms with E-state index in [1.165, 1.54) is 74.1 Å². The topological polar surface area (TPSA) is 4.93 Å². The molecule has 1 aliphatic heterocycles. The molecular formula is C41H28IN. The van der Waals surface area contributed by atoms with Crippen molar-refractivity contribution in [2.24, 2.45) is 0 Å². The molecule has 1 aromatic heterocycles. The fourth-order valence-corrected chi connectivity index (χ4v) is 12.8. The van der Waals surface area contributed by atoms with Gasteiger partial charge in [0.05, 0.1) is 0 Å². The summed E-state index contributed by atoms with van der Waals surface area (Å²) in [6, 6.07) is 58.8. The van der Waals surface area contributed by atoms with Crippen LogP contribution in [-0.2, 0) is 4.43 Å². The quantitative estimate of drug-likeness (QED) is 0.131. The van der Waals surface area contributed by atoms with Crippen LogP contribution in [0.1, 0.15) is 5.56 Å². The summed E-state index contributed by atoms with van der Waals surface area (Å²) in [5.41, 5.74) is 10.5. The molecule has 0 N–H and O–H groups in total. The average Bonchev–Trinajstić information content (AvgIpc) is 3.41. The molecule has 0 aliphatic carbocycles. The van der Waals surface area contributed by atoms with Gasteiger partial charge in [0.2, 0.25) is 0 Å². The van der Waals surface area contributed by atoms with Crippen LogP contribution in [0.25, 0.3) is 60.5 Å². The summed E-state index contributed by atoms with van der Waals surface area (Å²) in [4.78, 5) is 0. The number of hydrogen-bond acceptors (Lipinski definition) is 0. The first-order chi connectivity index (χ1) is 21.3. The number of fused-ring (bicyclic) bond motifs is 7. The van der Waals surface area contributed by atoms with Crippen LogP contribution >= 0.6 is 19.8 Å². The SMILES string of the molecule is c1ccc(I2Cc3ccccc3-c3cc(-c4ccc5c(c4)c4ccccc4n5-c4ccc5ccccc5c4)ccc32)cc1. The Morgan fingerprint density at radius 3 is 2.12 bits per heavy atom. The molecule has 0 saturated carbocycles. The molecule has 1 nitrogen and oxygen atoms in total. The molecule has 0 atom stereocenters. The second-order valence-electron chi connectivity index (χ2n) is 11.3. The van der Waals surface area contributed by atoms with Gasteiger partial charge in [-0.25, -0.2) is 0 Å². The summed E-state index contributed by atoms with van der Waals surface area (Å²) in [6.45, 7) is 0. The molecule has 0 bridgehead atoms. The number of aromatic nitrogens is 1. The molecule has 43 heavy (non-hydrogen) atoms. The van der Waals surface area contributed by atoms with E-state index in [-0.39, 0.29) is 0 Å². The summed E-state index contributed by atoms with van der Waals surface area (Å²) in [5.74, 6) is 0. The van der Waals surface area contributed by atoms with Gasteiger partial charge in [0.1, 0.15) is 0 Å². The third-order valence-corrected chi connectivity index (χ3v) is 14.9. The Balaban J connectivity index is 1.22. The van der Waals surface area contributed by atoms with Crippen molar-refractivity contribution >= 4 is 52.4 Å². The first-order valence-electron chi connectivity index (χ1n) is 14.8. The van der Waals surface area contributed by atoms with Crippen LogP contribution in [0.15, 0.2) is 158 Å². The van der Waals surface area contributed by atoms with Gasteiger partial charge >= 0.3 is 230 Å². The van der Waals surface area contributed by atoms with E-state index in [1.54, 1.807) is 3.57 Å². The maximum atomic E-state index is 2.46. The molecule has 2 heteroatoms. The van der Waals surface area contributed by atoms with Crippen molar-refractivity contribution in [3.63, 3.8) is 0 Å². The molecule has 0 radical (unpaired) electrons. The van der Waals surface area contributed by atoms with Crippen LogP contribution in [0.3, 0.4) is 0 Å². The van der Waals surface area contributed by atoms with E-state index < -0.39 is 19.8 Å². The van der Waals surface area contributed by atoms with Crippen LogP contribution < -0.4 is 0 Å². The molecule has 1 aliphatic rings. The Morgan fingerprint density at radius 1 is 0.465 bits per heavy atom. The minimum atomic E-state index is -1.58. The molecule has 0 saturated heterocycles. The van der Waals surface area contributed by atoms with Crippen LogP contribution in [0.5, 0.6) is 0 Å². The third kappa shape index (κ3) is 4.04. The second-order valence-corrected chi connectivity index (χ2v) is 16.5. The molecule has 204 valence electrons. The zero-order valence-corrected chi connectivity index (χ0v) is 25.7. The first kappa shape index (κ1) is 24.9. The Labute approximate surface area is 258 Å². The van der Waals surface area contributed by atoms with E-state index in [1.807, 2.05) is 0 Å². The van der Waals surface area contributed by atoms with E-state index in [0.717, 1.165) is 0 Å². The molecule has 0 spiro atoms. The number of para-hydroxylation sites is 1. The van der Waals surface area contributed by atoms with Gasteiger partial charge in [-0.2, -0.15) is 0 Å². The average molecular weight is 662 g/mol. The Kier molecular flexibility index (Phi) is 5.76. The van der Waals surface area contributed by atoms with Gasteiger partial charge in [0.25, 0.3) is 0 Å². The fourth-order valence-electron chi connectivity index (χ4n) is 6.73. The number of hydrogen-bond donors (Lipinski definition) is 0. The number of halogens is 1. The van der Waals surface area contributed by atoms with Crippen molar-refractivity contribution in [2.45, 2.75) is 4.43 Å². The van der Waals surface area contributed by atoms with E-state index in [4.69, 9.17) is 0 Å². The number of alkyl halides is 1. The van der Waals surface area contributed by atoms with E-state index >= 15 is 0 Å². The molecule has 7 aromatic carbocycles. The molecule has 0 fully saturated rings.